The molecule has 6 nitrogen and oxygen atoms in total. The van der Waals surface area contributed by atoms with Crippen molar-refractivity contribution in [1.29, 1.82) is 0 Å². The Hall–Kier alpha value is -3.02. The van der Waals surface area contributed by atoms with E-state index in [9.17, 15) is 14.7 Å². The molecule has 2 aromatic carbocycles. The lowest BCUT2D eigenvalue weighted by molar-refractivity contribution is -0.139. The molecule has 0 bridgehead atoms. The monoisotopic (exact) mass is 396 g/mol. The fourth-order valence-electron chi connectivity index (χ4n) is 3.48. The largest absolute Gasteiger partial charge is 0.508 e. The highest BCUT2D eigenvalue weighted by atomic mass is 16.5. The van der Waals surface area contributed by atoms with Crippen LogP contribution in [0.25, 0.3) is 0 Å². The van der Waals surface area contributed by atoms with E-state index in [-0.39, 0.29) is 23.6 Å². The fraction of sp³-hybridized carbons (Fsp3) is 0.391. The number of carbonyl (C=O) groups is 2. The predicted molar refractivity (Wildman–Crippen MR) is 111 cm³/mol. The molecule has 3 rings (SSSR count). The molecule has 2 aromatic rings. The van der Waals surface area contributed by atoms with Crippen LogP contribution in [0.4, 0.5) is 0 Å². The van der Waals surface area contributed by atoms with Gasteiger partial charge in [0.15, 0.2) is 6.10 Å². The van der Waals surface area contributed by atoms with E-state index < -0.39 is 6.10 Å². The fourth-order valence-corrected chi connectivity index (χ4v) is 3.48. The van der Waals surface area contributed by atoms with Gasteiger partial charge in [-0.1, -0.05) is 30.3 Å². The zero-order valence-corrected chi connectivity index (χ0v) is 16.7. The summed E-state index contributed by atoms with van der Waals surface area (Å²) in [4.78, 5) is 26.6. The first-order valence-electron chi connectivity index (χ1n) is 10.1. The van der Waals surface area contributed by atoms with Crippen molar-refractivity contribution in [2.45, 2.75) is 44.8 Å². The van der Waals surface area contributed by atoms with Gasteiger partial charge in [0.05, 0.1) is 0 Å². The average molecular weight is 396 g/mol. The quantitative estimate of drug-likeness (QED) is 0.754. The van der Waals surface area contributed by atoms with Gasteiger partial charge in [0.1, 0.15) is 11.5 Å². The van der Waals surface area contributed by atoms with Crippen LogP contribution in [0.1, 0.15) is 31.7 Å². The van der Waals surface area contributed by atoms with Crippen molar-refractivity contribution in [3.8, 4) is 11.5 Å². The number of phenols is 1. The van der Waals surface area contributed by atoms with Crippen molar-refractivity contribution in [2.24, 2.45) is 0 Å². The predicted octanol–water partition coefficient (Wildman–Crippen LogP) is 2.90. The average Bonchev–Trinajstić information content (AvgIpc) is 2.74. The first-order valence-corrected chi connectivity index (χ1v) is 10.1. The minimum atomic E-state index is -0.600. The summed E-state index contributed by atoms with van der Waals surface area (Å²) in [7, 11) is 0. The number of amides is 2. The Balaban J connectivity index is 1.39. The highest BCUT2D eigenvalue weighted by molar-refractivity contribution is 5.81. The van der Waals surface area contributed by atoms with Crippen LogP contribution in [0, 0.1) is 0 Å². The van der Waals surface area contributed by atoms with Crippen LogP contribution in [0.15, 0.2) is 54.6 Å². The van der Waals surface area contributed by atoms with Crippen molar-refractivity contribution in [2.75, 3.05) is 13.1 Å². The molecule has 0 saturated carbocycles. The van der Waals surface area contributed by atoms with E-state index in [2.05, 4.69) is 5.32 Å². The number of benzene rings is 2. The van der Waals surface area contributed by atoms with Gasteiger partial charge in [-0.25, -0.2) is 0 Å². The Labute approximate surface area is 171 Å². The molecule has 1 atom stereocenters. The molecule has 1 heterocycles. The number of phenolic OH excluding ortho intramolecular Hbond substituents is 1. The molecule has 0 spiro atoms. The summed E-state index contributed by atoms with van der Waals surface area (Å²) in [6.45, 7) is 2.93. The molecule has 0 aromatic heterocycles. The Bertz CT molecular complexity index is 799. The van der Waals surface area contributed by atoms with Crippen LogP contribution in [0.5, 0.6) is 11.5 Å². The van der Waals surface area contributed by atoms with Crippen LogP contribution in [0.2, 0.25) is 0 Å². The maximum absolute atomic E-state index is 12.6. The lowest BCUT2D eigenvalue weighted by Crippen LogP contribution is -2.49. The summed E-state index contributed by atoms with van der Waals surface area (Å²) in [5.41, 5.74) is 1.16. The van der Waals surface area contributed by atoms with Crippen LogP contribution >= 0.6 is 0 Å². The van der Waals surface area contributed by atoms with Gasteiger partial charge in [-0.05, 0) is 56.0 Å². The zero-order chi connectivity index (χ0) is 20.6. The van der Waals surface area contributed by atoms with E-state index in [1.54, 1.807) is 24.0 Å². The summed E-state index contributed by atoms with van der Waals surface area (Å²) in [6.07, 6.45) is 2.09. The van der Waals surface area contributed by atoms with Crippen LogP contribution in [-0.4, -0.2) is 47.1 Å². The van der Waals surface area contributed by atoms with Crippen LogP contribution < -0.4 is 10.1 Å². The molecular weight excluding hydrogens is 368 g/mol. The molecule has 2 N–H and O–H groups in total. The SMILES string of the molecule is CC(Oc1ccc(O)cc1)C(=O)N1CCC(NC(=O)CCc2ccccc2)CC1. The lowest BCUT2D eigenvalue weighted by atomic mass is 10.0. The number of nitrogens with zero attached hydrogens (tertiary/aromatic N) is 1. The number of ether oxygens (including phenoxy) is 1. The number of hydrogen-bond acceptors (Lipinski definition) is 4. The second kappa shape index (κ2) is 9.96. The molecule has 154 valence electrons. The maximum Gasteiger partial charge on any atom is 0.263 e. The van der Waals surface area contributed by atoms with Crippen molar-refractivity contribution in [3.05, 3.63) is 60.2 Å². The second-order valence-corrected chi connectivity index (χ2v) is 7.41. The topological polar surface area (TPSA) is 78.9 Å². The number of hydrogen-bond donors (Lipinski definition) is 2. The van der Waals surface area contributed by atoms with Gasteiger partial charge in [0, 0.05) is 25.6 Å². The highest BCUT2D eigenvalue weighted by Crippen LogP contribution is 2.19. The summed E-state index contributed by atoms with van der Waals surface area (Å²) in [5, 5.41) is 12.4. The Morgan fingerprint density at radius 1 is 1.10 bits per heavy atom. The van der Waals surface area contributed by atoms with E-state index in [1.165, 1.54) is 12.1 Å². The van der Waals surface area contributed by atoms with E-state index in [4.69, 9.17) is 4.74 Å². The number of piperidine rings is 1. The number of aryl methyl sites for hydroxylation is 1. The van der Waals surface area contributed by atoms with Gasteiger partial charge in [-0.2, -0.15) is 0 Å². The van der Waals surface area contributed by atoms with Crippen LogP contribution in [0.3, 0.4) is 0 Å². The Kier molecular flexibility index (Phi) is 7.11. The summed E-state index contributed by atoms with van der Waals surface area (Å²) in [6, 6.07) is 16.4. The minimum Gasteiger partial charge on any atom is -0.508 e. The summed E-state index contributed by atoms with van der Waals surface area (Å²) >= 11 is 0. The Morgan fingerprint density at radius 3 is 2.41 bits per heavy atom. The molecule has 29 heavy (non-hydrogen) atoms. The zero-order valence-electron chi connectivity index (χ0n) is 16.7. The van der Waals surface area contributed by atoms with Gasteiger partial charge in [0.25, 0.3) is 5.91 Å². The lowest BCUT2D eigenvalue weighted by Gasteiger charge is -2.33. The highest BCUT2D eigenvalue weighted by Gasteiger charge is 2.27. The summed E-state index contributed by atoms with van der Waals surface area (Å²) in [5.74, 6) is 0.697. The van der Waals surface area contributed by atoms with Crippen molar-refractivity contribution >= 4 is 11.8 Å². The third-order valence-corrected chi connectivity index (χ3v) is 5.15. The third-order valence-electron chi connectivity index (χ3n) is 5.15. The minimum absolute atomic E-state index is 0.0580. The molecule has 0 aliphatic carbocycles. The van der Waals surface area contributed by atoms with Gasteiger partial charge in [0.2, 0.25) is 5.91 Å². The van der Waals surface area contributed by atoms with Crippen molar-refractivity contribution in [3.63, 3.8) is 0 Å². The third kappa shape index (κ3) is 6.24. The van der Waals surface area contributed by atoms with Crippen molar-refractivity contribution < 1.29 is 19.4 Å². The molecule has 1 aliphatic rings. The number of aromatic hydroxyl groups is 1. The summed E-state index contributed by atoms with van der Waals surface area (Å²) < 4.78 is 5.68. The normalized spacial score (nSPS) is 15.6. The molecule has 1 fully saturated rings. The Morgan fingerprint density at radius 2 is 1.76 bits per heavy atom. The van der Waals surface area contributed by atoms with E-state index in [0.717, 1.165) is 24.8 Å². The molecule has 6 heteroatoms. The van der Waals surface area contributed by atoms with Gasteiger partial charge in [-0.15, -0.1) is 0 Å². The second-order valence-electron chi connectivity index (χ2n) is 7.41. The van der Waals surface area contributed by atoms with E-state index in [1.807, 2.05) is 30.3 Å². The molecule has 1 saturated heterocycles. The van der Waals surface area contributed by atoms with Gasteiger partial charge in [-0.3, -0.25) is 9.59 Å². The number of nitrogens with one attached hydrogen (secondary N) is 1. The van der Waals surface area contributed by atoms with E-state index in [0.29, 0.717) is 25.3 Å². The van der Waals surface area contributed by atoms with Crippen molar-refractivity contribution in [1.82, 2.24) is 10.2 Å². The number of likely N-dealkylation sites (tertiary alicyclic amines) is 1. The van der Waals surface area contributed by atoms with E-state index >= 15 is 0 Å². The first-order chi connectivity index (χ1) is 14.0. The molecule has 1 aliphatic heterocycles. The van der Waals surface area contributed by atoms with Crippen LogP contribution in [-0.2, 0) is 16.0 Å². The molecular formula is C23H28N2O4. The first kappa shape index (κ1) is 20.7. The smallest absolute Gasteiger partial charge is 0.263 e. The maximum atomic E-state index is 12.6. The number of rotatable bonds is 7. The van der Waals surface area contributed by atoms with Gasteiger partial charge >= 0.3 is 0 Å². The molecule has 0 radical (unpaired) electrons. The standard InChI is InChI=1S/C23H28N2O4/c1-17(29-21-10-8-20(26)9-11-21)23(28)25-15-13-19(14-16-25)24-22(27)12-7-18-5-3-2-4-6-18/h2-6,8-11,17,19,26H,7,12-16H2,1H3,(H,24,27). The number of carbonyl (C=O) groups excluding carboxylic acids is 2. The molecule has 2 amide bonds. The van der Waals surface area contributed by atoms with Gasteiger partial charge < -0.3 is 20.1 Å². The molecule has 1 unspecified atom stereocenters.